The molecule has 1 aromatic carbocycles. The van der Waals surface area contributed by atoms with Crippen molar-refractivity contribution in [1.82, 2.24) is 0 Å². The minimum atomic E-state index is 0.0619. The van der Waals surface area contributed by atoms with Crippen LogP contribution in [-0.4, -0.2) is 5.78 Å². The molecule has 0 atom stereocenters. The van der Waals surface area contributed by atoms with Crippen molar-refractivity contribution in [3.8, 4) is 0 Å². The average Bonchev–Trinajstić information content (AvgIpc) is 2.03. The molecule has 0 saturated carbocycles. The lowest BCUT2D eigenvalue weighted by molar-refractivity contribution is 0.0939. The Hall–Kier alpha value is -1.11. The molecule has 0 saturated heterocycles. The standard InChI is InChI=1S/C11H13O/c1-8(2)11(12)10-6-4-5-9(3)7-10/h4-8H,3H2,1-2H3. The zero-order valence-corrected chi connectivity index (χ0v) is 7.50. The normalized spacial score (nSPS) is 10.3. The second kappa shape index (κ2) is 3.53. The van der Waals surface area contributed by atoms with E-state index in [9.17, 15) is 4.79 Å². The first-order valence-corrected chi connectivity index (χ1v) is 4.07. The van der Waals surface area contributed by atoms with Crippen molar-refractivity contribution in [2.45, 2.75) is 13.8 Å². The third-order valence-electron chi connectivity index (χ3n) is 1.74. The summed E-state index contributed by atoms with van der Waals surface area (Å²) in [6.45, 7) is 7.57. The monoisotopic (exact) mass is 161 g/mol. The maximum atomic E-state index is 11.5. The topological polar surface area (TPSA) is 17.1 Å². The van der Waals surface area contributed by atoms with E-state index in [2.05, 4.69) is 6.92 Å². The van der Waals surface area contributed by atoms with E-state index in [4.69, 9.17) is 0 Å². The number of hydrogen-bond donors (Lipinski definition) is 0. The van der Waals surface area contributed by atoms with Crippen LogP contribution in [0.15, 0.2) is 24.3 Å². The minimum absolute atomic E-state index is 0.0619. The van der Waals surface area contributed by atoms with E-state index in [0.717, 1.165) is 11.1 Å². The highest BCUT2D eigenvalue weighted by molar-refractivity contribution is 5.97. The van der Waals surface area contributed by atoms with Crippen LogP contribution in [0.25, 0.3) is 0 Å². The van der Waals surface area contributed by atoms with Gasteiger partial charge in [-0.2, -0.15) is 0 Å². The molecule has 0 unspecified atom stereocenters. The molecule has 1 radical (unpaired) electrons. The van der Waals surface area contributed by atoms with Gasteiger partial charge in [-0.3, -0.25) is 4.79 Å². The van der Waals surface area contributed by atoms with Gasteiger partial charge in [0, 0.05) is 11.5 Å². The molecular formula is C11H13O. The van der Waals surface area contributed by atoms with Crippen molar-refractivity contribution >= 4 is 5.78 Å². The van der Waals surface area contributed by atoms with E-state index in [0.29, 0.717) is 0 Å². The van der Waals surface area contributed by atoms with Gasteiger partial charge in [0.15, 0.2) is 5.78 Å². The van der Waals surface area contributed by atoms with Crippen molar-refractivity contribution < 1.29 is 4.79 Å². The molecule has 0 aliphatic carbocycles. The molecule has 0 bridgehead atoms. The Kier molecular flexibility index (Phi) is 2.64. The number of carbonyl (C=O) groups excluding carboxylic acids is 1. The maximum Gasteiger partial charge on any atom is 0.165 e. The highest BCUT2D eigenvalue weighted by atomic mass is 16.1. The Balaban J connectivity index is 2.96. The van der Waals surface area contributed by atoms with Crippen molar-refractivity contribution in [2.24, 2.45) is 5.92 Å². The van der Waals surface area contributed by atoms with Gasteiger partial charge >= 0.3 is 0 Å². The highest BCUT2D eigenvalue weighted by Gasteiger charge is 2.09. The SMILES string of the molecule is [CH2]c1cccc(C(=O)C(C)C)c1. The summed E-state index contributed by atoms with van der Waals surface area (Å²) in [5.41, 5.74) is 1.65. The van der Waals surface area contributed by atoms with Gasteiger partial charge in [0.25, 0.3) is 0 Å². The lowest BCUT2D eigenvalue weighted by Crippen LogP contribution is -2.07. The fraction of sp³-hybridized carbons (Fsp3) is 0.273. The van der Waals surface area contributed by atoms with Crippen LogP contribution in [0.1, 0.15) is 29.8 Å². The molecule has 1 aromatic rings. The van der Waals surface area contributed by atoms with Crippen LogP contribution in [0.3, 0.4) is 0 Å². The summed E-state index contributed by atoms with van der Waals surface area (Å²) in [5, 5.41) is 0. The third kappa shape index (κ3) is 1.94. The van der Waals surface area contributed by atoms with Gasteiger partial charge in [-0.25, -0.2) is 0 Å². The molecule has 0 aliphatic heterocycles. The van der Waals surface area contributed by atoms with Crippen molar-refractivity contribution in [3.05, 3.63) is 42.3 Å². The quantitative estimate of drug-likeness (QED) is 0.609. The molecule has 1 nitrogen and oxygen atoms in total. The summed E-state index contributed by atoms with van der Waals surface area (Å²) in [4.78, 5) is 11.5. The zero-order chi connectivity index (χ0) is 9.14. The van der Waals surface area contributed by atoms with Gasteiger partial charge in [-0.15, -0.1) is 0 Å². The molecular weight excluding hydrogens is 148 g/mol. The second-order valence-electron chi connectivity index (χ2n) is 3.22. The molecule has 63 valence electrons. The van der Waals surface area contributed by atoms with Gasteiger partial charge in [0.1, 0.15) is 0 Å². The molecule has 0 aliphatic rings. The van der Waals surface area contributed by atoms with Crippen LogP contribution in [0.2, 0.25) is 0 Å². The van der Waals surface area contributed by atoms with Crippen LogP contribution < -0.4 is 0 Å². The van der Waals surface area contributed by atoms with E-state index in [1.807, 2.05) is 38.1 Å². The Morgan fingerprint density at radius 1 is 1.42 bits per heavy atom. The molecule has 0 fully saturated rings. The first-order valence-electron chi connectivity index (χ1n) is 4.07. The number of ketones is 1. The van der Waals surface area contributed by atoms with Gasteiger partial charge in [0.2, 0.25) is 0 Å². The fourth-order valence-electron chi connectivity index (χ4n) is 1.06. The predicted octanol–water partition coefficient (Wildman–Crippen LogP) is 2.71. The van der Waals surface area contributed by atoms with Crippen molar-refractivity contribution in [1.29, 1.82) is 0 Å². The maximum absolute atomic E-state index is 11.5. The summed E-state index contributed by atoms with van der Waals surface area (Å²) >= 11 is 0. The van der Waals surface area contributed by atoms with Crippen molar-refractivity contribution in [3.63, 3.8) is 0 Å². The zero-order valence-electron chi connectivity index (χ0n) is 7.50. The average molecular weight is 161 g/mol. The number of carbonyl (C=O) groups is 1. The molecule has 0 spiro atoms. The van der Waals surface area contributed by atoms with E-state index >= 15 is 0 Å². The number of benzene rings is 1. The Bertz CT molecular complexity index is 287. The molecule has 12 heavy (non-hydrogen) atoms. The minimum Gasteiger partial charge on any atom is -0.294 e. The van der Waals surface area contributed by atoms with Crippen LogP contribution in [-0.2, 0) is 0 Å². The smallest absolute Gasteiger partial charge is 0.165 e. The molecule has 0 heterocycles. The van der Waals surface area contributed by atoms with E-state index in [1.54, 1.807) is 0 Å². The van der Waals surface area contributed by atoms with Crippen LogP contribution in [0.4, 0.5) is 0 Å². The number of hydrogen-bond acceptors (Lipinski definition) is 1. The lowest BCUT2D eigenvalue weighted by Gasteiger charge is -2.03. The third-order valence-corrected chi connectivity index (χ3v) is 1.74. The van der Waals surface area contributed by atoms with Crippen molar-refractivity contribution in [2.75, 3.05) is 0 Å². The summed E-state index contributed by atoms with van der Waals surface area (Å²) in [5.74, 6) is 0.243. The Morgan fingerprint density at radius 3 is 2.58 bits per heavy atom. The van der Waals surface area contributed by atoms with Gasteiger partial charge in [0.05, 0.1) is 0 Å². The first kappa shape index (κ1) is 8.98. The Labute approximate surface area is 73.4 Å². The summed E-state index contributed by atoms with van der Waals surface area (Å²) in [7, 11) is 0. The van der Waals surface area contributed by atoms with Gasteiger partial charge in [-0.1, -0.05) is 32.0 Å². The lowest BCUT2D eigenvalue weighted by atomic mass is 10.00. The molecule has 1 rings (SSSR count). The van der Waals surface area contributed by atoms with E-state index in [1.165, 1.54) is 0 Å². The second-order valence-corrected chi connectivity index (χ2v) is 3.22. The largest absolute Gasteiger partial charge is 0.294 e. The first-order chi connectivity index (χ1) is 5.61. The fourth-order valence-corrected chi connectivity index (χ4v) is 1.06. The van der Waals surface area contributed by atoms with Gasteiger partial charge < -0.3 is 0 Å². The summed E-state index contributed by atoms with van der Waals surface area (Å²) in [6, 6.07) is 7.40. The molecule has 1 heteroatoms. The molecule has 0 aromatic heterocycles. The Morgan fingerprint density at radius 2 is 2.08 bits per heavy atom. The number of rotatable bonds is 2. The van der Waals surface area contributed by atoms with Crippen LogP contribution in [0, 0.1) is 12.8 Å². The highest BCUT2D eigenvalue weighted by Crippen LogP contribution is 2.09. The van der Waals surface area contributed by atoms with E-state index in [-0.39, 0.29) is 11.7 Å². The number of Topliss-reactive ketones (excluding diaryl/α,β-unsaturated/α-hetero) is 1. The van der Waals surface area contributed by atoms with Crippen LogP contribution in [0.5, 0.6) is 0 Å². The molecule has 0 N–H and O–H groups in total. The van der Waals surface area contributed by atoms with E-state index < -0.39 is 0 Å². The molecule has 0 amide bonds. The van der Waals surface area contributed by atoms with Gasteiger partial charge in [-0.05, 0) is 18.6 Å². The predicted molar refractivity (Wildman–Crippen MR) is 50.1 cm³/mol. The van der Waals surface area contributed by atoms with Crippen LogP contribution >= 0.6 is 0 Å². The summed E-state index contributed by atoms with van der Waals surface area (Å²) < 4.78 is 0. The summed E-state index contributed by atoms with van der Waals surface area (Å²) in [6.07, 6.45) is 0.